The Kier molecular flexibility index (Phi) is 41.5. The first-order valence-corrected chi connectivity index (χ1v) is 25.8. The Morgan fingerprint density at radius 3 is 1.39 bits per heavy atom. The van der Waals surface area contributed by atoms with Crippen LogP contribution < -0.4 is 4.89 Å². The lowest BCUT2D eigenvalue weighted by molar-refractivity contribution is -0.870. The molecule has 0 aliphatic heterocycles. The van der Waals surface area contributed by atoms with E-state index >= 15 is 0 Å². The Labute approximate surface area is 380 Å². The minimum atomic E-state index is -4.64. The average molecular weight is 888 g/mol. The molecule has 356 valence electrons. The van der Waals surface area contributed by atoms with Crippen LogP contribution in [0.25, 0.3) is 0 Å². The lowest BCUT2D eigenvalue weighted by atomic mass is 10.1. The summed E-state index contributed by atoms with van der Waals surface area (Å²) in [4.78, 5) is 37.6. The van der Waals surface area contributed by atoms with Crippen LogP contribution in [0.5, 0.6) is 0 Å². The van der Waals surface area contributed by atoms with Gasteiger partial charge < -0.3 is 27.9 Å². The molecule has 2 atom stereocenters. The van der Waals surface area contributed by atoms with Crippen LogP contribution in [-0.4, -0.2) is 70.0 Å². The van der Waals surface area contributed by atoms with E-state index in [0.29, 0.717) is 23.9 Å². The third kappa shape index (κ3) is 46.7. The Hall–Kier alpha value is -2.81. The van der Waals surface area contributed by atoms with Gasteiger partial charge in [-0.3, -0.25) is 14.2 Å². The highest BCUT2D eigenvalue weighted by Gasteiger charge is 2.21. The van der Waals surface area contributed by atoms with Gasteiger partial charge in [0, 0.05) is 12.8 Å². The van der Waals surface area contributed by atoms with E-state index in [1.165, 1.54) is 32.1 Å². The maximum absolute atomic E-state index is 12.7. The molecule has 9 nitrogen and oxygen atoms in total. The zero-order valence-electron chi connectivity index (χ0n) is 40.0. The summed E-state index contributed by atoms with van der Waals surface area (Å²) >= 11 is 0. The van der Waals surface area contributed by atoms with Crippen LogP contribution in [0.1, 0.15) is 181 Å². The predicted octanol–water partition coefficient (Wildman–Crippen LogP) is 13.7. The maximum Gasteiger partial charge on any atom is 0.306 e. The number of phosphoric acid groups is 1. The van der Waals surface area contributed by atoms with Crippen molar-refractivity contribution in [3.05, 3.63) is 85.1 Å². The highest BCUT2D eigenvalue weighted by molar-refractivity contribution is 7.45. The van der Waals surface area contributed by atoms with E-state index in [9.17, 15) is 19.0 Å². The van der Waals surface area contributed by atoms with Crippen LogP contribution in [0.2, 0.25) is 0 Å². The first kappa shape index (κ1) is 59.2. The second-order valence-corrected chi connectivity index (χ2v) is 18.5. The first-order chi connectivity index (χ1) is 30.0. The van der Waals surface area contributed by atoms with Crippen molar-refractivity contribution in [2.24, 2.45) is 0 Å². The lowest BCUT2D eigenvalue weighted by Crippen LogP contribution is -2.37. The molecule has 0 bridgehead atoms. The summed E-state index contributed by atoms with van der Waals surface area (Å²) in [5.41, 5.74) is 0. The van der Waals surface area contributed by atoms with E-state index in [2.05, 4.69) is 98.9 Å². The summed E-state index contributed by atoms with van der Waals surface area (Å²) < 4.78 is 33.9. The number of phosphoric ester groups is 1. The Bertz CT molecular complexity index is 1330. The molecule has 0 saturated heterocycles. The van der Waals surface area contributed by atoms with E-state index < -0.39 is 32.5 Å². The molecule has 2 unspecified atom stereocenters. The molecule has 0 amide bonds. The normalized spacial score (nSPS) is 14.2. The van der Waals surface area contributed by atoms with Gasteiger partial charge in [0.1, 0.15) is 19.8 Å². The number of ether oxygens (including phenoxy) is 2. The zero-order chi connectivity index (χ0) is 45.7. The van der Waals surface area contributed by atoms with Crippen LogP contribution in [-0.2, 0) is 32.7 Å². The van der Waals surface area contributed by atoms with E-state index in [1.54, 1.807) is 0 Å². The summed E-state index contributed by atoms with van der Waals surface area (Å²) in [7, 11) is 1.14. The van der Waals surface area contributed by atoms with Gasteiger partial charge in [0.05, 0.1) is 27.7 Å². The van der Waals surface area contributed by atoms with Gasteiger partial charge in [0.2, 0.25) is 0 Å². The summed E-state index contributed by atoms with van der Waals surface area (Å²) in [6, 6.07) is 0. The number of unbranched alkanes of at least 4 members (excludes halogenated alkanes) is 15. The number of hydrogen-bond acceptors (Lipinski definition) is 8. The summed E-state index contributed by atoms with van der Waals surface area (Å²) in [6.07, 6.45) is 56.1. The van der Waals surface area contributed by atoms with Crippen LogP contribution in [0.4, 0.5) is 0 Å². The van der Waals surface area contributed by atoms with Crippen molar-refractivity contribution in [3.63, 3.8) is 0 Å². The molecular weight excluding hydrogens is 798 g/mol. The highest BCUT2D eigenvalue weighted by Crippen LogP contribution is 2.38. The van der Waals surface area contributed by atoms with Gasteiger partial charge in [-0.2, -0.15) is 0 Å². The number of carbonyl (C=O) groups excluding carboxylic acids is 2. The average Bonchev–Trinajstić information content (AvgIpc) is 3.23. The molecule has 62 heavy (non-hydrogen) atoms. The van der Waals surface area contributed by atoms with Gasteiger partial charge in [0.25, 0.3) is 7.82 Å². The molecule has 0 aliphatic rings. The molecule has 0 aliphatic carbocycles. The quantitative estimate of drug-likeness (QED) is 0.0196. The summed E-state index contributed by atoms with van der Waals surface area (Å²) in [5, 5.41) is 0. The van der Waals surface area contributed by atoms with Crippen molar-refractivity contribution < 1.29 is 42.1 Å². The molecule has 0 fully saturated rings. The van der Waals surface area contributed by atoms with Gasteiger partial charge >= 0.3 is 11.9 Å². The number of nitrogens with zero attached hydrogens (tertiary/aromatic N) is 1. The monoisotopic (exact) mass is 888 g/mol. The van der Waals surface area contributed by atoms with E-state index in [4.69, 9.17) is 18.5 Å². The standard InChI is InChI=1S/C52H90NO8P/c1-6-8-10-12-14-16-18-20-21-22-23-24-25-26-27-28-29-30-31-33-35-37-39-41-43-45-52(55)61-50(49-60-62(56,57)59-47-46-53(3,4)5)48-58-51(54)44-42-40-38-36-34-32-19-17-15-13-11-9-7-2/h8,10,14,16-17,19-21,23-24,26-27,29-30,50H,6-7,9,11-13,15,18,22,25,28,31-49H2,1-5H3/b10-8-,16-14-,19-17-,21-20-,24-23-,27-26-,30-29-. The largest absolute Gasteiger partial charge is 0.756 e. The summed E-state index contributed by atoms with van der Waals surface area (Å²) in [6.45, 7) is 4.06. The molecule has 0 N–H and O–H groups in total. The number of likely N-dealkylation sites (N-methyl/N-ethyl adjacent to an activating group) is 1. The van der Waals surface area contributed by atoms with Crippen LogP contribution in [0.15, 0.2) is 85.1 Å². The van der Waals surface area contributed by atoms with Crippen LogP contribution >= 0.6 is 7.82 Å². The van der Waals surface area contributed by atoms with Gasteiger partial charge in [-0.25, -0.2) is 0 Å². The van der Waals surface area contributed by atoms with Crippen molar-refractivity contribution in [1.82, 2.24) is 0 Å². The Morgan fingerprint density at radius 1 is 0.516 bits per heavy atom. The smallest absolute Gasteiger partial charge is 0.306 e. The zero-order valence-corrected chi connectivity index (χ0v) is 40.9. The van der Waals surface area contributed by atoms with Crippen LogP contribution in [0.3, 0.4) is 0 Å². The second-order valence-electron chi connectivity index (χ2n) is 17.1. The fourth-order valence-corrected chi connectivity index (χ4v) is 6.85. The molecule has 0 aromatic carbocycles. The minimum absolute atomic E-state index is 0.0396. The van der Waals surface area contributed by atoms with E-state index in [0.717, 1.165) is 109 Å². The number of allylic oxidation sites excluding steroid dienone is 14. The highest BCUT2D eigenvalue weighted by atomic mass is 31.2. The van der Waals surface area contributed by atoms with Crippen molar-refractivity contribution in [3.8, 4) is 0 Å². The molecule has 0 saturated carbocycles. The molecule has 0 aromatic heterocycles. The van der Waals surface area contributed by atoms with Crippen molar-refractivity contribution in [2.75, 3.05) is 47.5 Å². The topological polar surface area (TPSA) is 111 Å². The fraction of sp³-hybridized carbons (Fsp3) is 0.692. The number of rotatable bonds is 43. The third-order valence-electron chi connectivity index (χ3n) is 9.90. The van der Waals surface area contributed by atoms with E-state index in [-0.39, 0.29) is 26.1 Å². The van der Waals surface area contributed by atoms with Gasteiger partial charge in [-0.15, -0.1) is 0 Å². The third-order valence-corrected chi connectivity index (χ3v) is 10.9. The Morgan fingerprint density at radius 2 is 0.919 bits per heavy atom. The van der Waals surface area contributed by atoms with Crippen molar-refractivity contribution in [2.45, 2.75) is 187 Å². The number of carbonyl (C=O) groups is 2. The van der Waals surface area contributed by atoms with Crippen molar-refractivity contribution >= 4 is 19.8 Å². The summed E-state index contributed by atoms with van der Waals surface area (Å²) in [5.74, 6) is -0.868. The first-order valence-electron chi connectivity index (χ1n) is 24.3. The molecule has 0 spiro atoms. The predicted molar refractivity (Wildman–Crippen MR) is 259 cm³/mol. The lowest BCUT2D eigenvalue weighted by Gasteiger charge is -2.28. The van der Waals surface area contributed by atoms with Gasteiger partial charge in [-0.05, 0) is 89.9 Å². The second kappa shape index (κ2) is 43.4. The number of quaternary nitrogens is 1. The molecule has 10 heteroatoms. The Balaban J connectivity index is 4.32. The number of esters is 2. The molecule has 0 aromatic rings. The maximum atomic E-state index is 12.7. The SMILES string of the molecule is CC/C=C\C/C=C\C/C=C\C/C=C\C/C=C\C/C=C\CCCCCCCCC(=O)OC(COC(=O)CCCCCCC/C=C\CCCCCC)COP(=O)([O-])OCC[N+](C)(C)C. The molecular formula is C52H90NO8P. The van der Waals surface area contributed by atoms with E-state index in [1.807, 2.05) is 21.1 Å². The molecule has 0 radical (unpaired) electrons. The van der Waals surface area contributed by atoms with Gasteiger partial charge in [-0.1, -0.05) is 163 Å². The molecule has 0 heterocycles. The minimum Gasteiger partial charge on any atom is -0.756 e. The van der Waals surface area contributed by atoms with Crippen LogP contribution in [0, 0.1) is 0 Å². The fourth-order valence-electron chi connectivity index (χ4n) is 6.12. The number of hydrogen-bond donors (Lipinski definition) is 0. The van der Waals surface area contributed by atoms with Crippen molar-refractivity contribution in [1.29, 1.82) is 0 Å². The van der Waals surface area contributed by atoms with Gasteiger partial charge in [0.15, 0.2) is 6.10 Å². The molecule has 0 rings (SSSR count).